The number of aryl methyl sites for hydroxylation is 2. The summed E-state index contributed by atoms with van der Waals surface area (Å²) >= 11 is 0. The predicted molar refractivity (Wildman–Crippen MR) is 48.8 cm³/mol. The zero-order valence-corrected chi connectivity index (χ0v) is 8.39. The van der Waals surface area contributed by atoms with Crippen molar-refractivity contribution in [1.29, 1.82) is 0 Å². The second-order valence-corrected chi connectivity index (χ2v) is 3.83. The van der Waals surface area contributed by atoms with Gasteiger partial charge in [-0.2, -0.15) is 0 Å². The Morgan fingerprint density at radius 3 is 2.38 bits per heavy atom. The van der Waals surface area contributed by atoms with Gasteiger partial charge in [0.15, 0.2) is 0 Å². The summed E-state index contributed by atoms with van der Waals surface area (Å²) in [6, 6.07) is 0. The second-order valence-electron chi connectivity index (χ2n) is 3.83. The normalized spacial score (nSPS) is 19.9. The van der Waals surface area contributed by atoms with Crippen LogP contribution < -0.4 is 0 Å². The zero-order chi connectivity index (χ0) is 9.47. The molecule has 13 heavy (non-hydrogen) atoms. The molecule has 2 rings (SSSR count). The lowest BCUT2D eigenvalue weighted by atomic mass is 9.75. The quantitative estimate of drug-likeness (QED) is 0.699. The smallest absolute Gasteiger partial charge is 0.137 e. The highest BCUT2D eigenvalue weighted by atomic mass is 16.5. The van der Waals surface area contributed by atoms with Crippen molar-refractivity contribution in [2.45, 2.75) is 32.6 Å². The molecule has 3 nitrogen and oxygen atoms in total. The molecule has 0 radical (unpaired) electrons. The molecule has 0 unspecified atom stereocenters. The fourth-order valence-electron chi connectivity index (χ4n) is 2.11. The molecule has 2 heterocycles. The van der Waals surface area contributed by atoms with Gasteiger partial charge in [0.2, 0.25) is 0 Å². The molecular formula is C10H15NO2. The molecule has 0 amide bonds. The van der Waals surface area contributed by atoms with E-state index in [1.54, 1.807) is 0 Å². The van der Waals surface area contributed by atoms with Gasteiger partial charge in [-0.1, -0.05) is 12.1 Å². The third kappa shape index (κ3) is 1.10. The minimum absolute atomic E-state index is 0.189. The van der Waals surface area contributed by atoms with E-state index in [2.05, 4.69) is 12.1 Å². The molecule has 1 saturated heterocycles. The summed E-state index contributed by atoms with van der Waals surface area (Å²) in [5.74, 6) is 0.947. The van der Waals surface area contributed by atoms with Crippen molar-refractivity contribution in [3.8, 4) is 0 Å². The number of hydrogen-bond donors (Lipinski definition) is 0. The van der Waals surface area contributed by atoms with Crippen LogP contribution in [-0.2, 0) is 10.2 Å². The molecule has 0 aromatic carbocycles. The van der Waals surface area contributed by atoms with Crippen molar-refractivity contribution in [1.82, 2.24) is 5.16 Å². The van der Waals surface area contributed by atoms with E-state index < -0.39 is 0 Å². The van der Waals surface area contributed by atoms with Gasteiger partial charge in [0.25, 0.3) is 0 Å². The van der Waals surface area contributed by atoms with Gasteiger partial charge in [0.1, 0.15) is 5.76 Å². The SMILES string of the molecule is CCC1(c2c(C)noc2C)COC1. The Balaban J connectivity index is 2.43. The molecule has 3 heteroatoms. The zero-order valence-electron chi connectivity index (χ0n) is 8.39. The van der Waals surface area contributed by atoms with Gasteiger partial charge in [-0.05, 0) is 20.3 Å². The van der Waals surface area contributed by atoms with Gasteiger partial charge in [0.05, 0.1) is 18.9 Å². The van der Waals surface area contributed by atoms with E-state index in [-0.39, 0.29) is 5.41 Å². The van der Waals surface area contributed by atoms with Crippen LogP contribution in [0.4, 0.5) is 0 Å². The van der Waals surface area contributed by atoms with Gasteiger partial charge < -0.3 is 9.26 Å². The summed E-state index contributed by atoms with van der Waals surface area (Å²) in [5, 5.41) is 3.98. The standard InChI is InChI=1S/C10H15NO2/c1-4-10(5-12-6-10)9-7(2)11-13-8(9)3/h4-6H2,1-3H3. The van der Waals surface area contributed by atoms with Gasteiger partial charge in [-0.15, -0.1) is 0 Å². The van der Waals surface area contributed by atoms with Gasteiger partial charge >= 0.3 is 0 Å². The van der Waals surface area contributed by atoms with E-state index >= 15 is 0 Å². The number of hydrogen-bond acceptors (Lipinski definition) is 3. The Bertz CT molecular complexity index is 288. The highest BCUT2D eigenvalue weighted by molar-refractivity contribution is 5.33. The molecule has 0 aliphatic carbocycles. The van der Waals surface area contributed by atoms with Crippen LogP contribution in [0.3, 0.4) is 0 Å². The molecule has 1 aromatic rings. The van der Waals surface area contributed by atoms with Crippen molar-refractivity contribution >= 4 is 0 Å². The lowest BCUT2D eigenvalue weighted by Gasteiger charge is -2.40. The molecular weight excluding hydrogens is 166 g/mol. The van der Waals surface area contributed by atoms with Crippen LogP contribution >= 0.6 is 0 Å². The first-order valence-electron chi connectivity index (χ1n) is 4.71. The molecule has 1 aliphatic rings. The van der Waals surface area contributed by atoms with E-state index in [1.807, 2.05) is 13.8 Å². The molecule has 1 aliphatic heterocycles. The summed E-state index contributed by atoms with van der Waals surface area (Å²) < 4.78 is 10.5. The molecule has 0 N–H and O–H groups in total. The molecule has 72 valence electrons. The first-order chi connectivity index (χ1) is 6.19. The fraction of sp³-hybridized carbons (Fsp3) is 0.700. The number of rotatable bonds is 2. The molecule has 0 atom stereocenters. The van der Waals surface area contributed by atoms with Crippen molar-refractivity contribution in [3.05, 3.63) is 17.0 Å². The Kier molecular flexibility index (Phi) is 1.91. The first kappa shape index (κ1) is 8.75. The highest BCUT2D eigenvalue weighted by Gasteiger charge is 2.42. The third-order valence-electron chi connectivity index (χ3n) is 3.00. The fourth-order valence-corrected chi connectivity index (χ4v) is 2.11. The molecule has 1 aromatic heterocycles. The summed E-state index contributed by atoms with van der Waals surface area (Å²) in [7, 11) is 0. The number of ether oxygens (including phenoxy) is 1. The van der Waals surface area contributed by atoms with Crippen LogP contribution in [0.25, 0.3) is 0 Å². The molecule has 0 bridgehead atoms. The van der Waals surface area contributed by atoms with E-state index in [0.717, 1.165) is 31.1 Å². The van der Waals surface area contributed by atoms with E-state index in [4.69, 9.17) is 9.26 Å². The maximum atomic E-state index is 5.29. The summed E-state index contributed by atoms with van der Waals surface area (Å²) in [4.78, 5) is 0. The van der Waals surface area contributed by atoms with E-state index in [9.17, 15) is 0 Å². The van der Waals surface area contributed by atoms with Crippen LogP contribution in [0.15, 0.2) is 4.52 Å². The number of aromatic nitrogens is 1. The molecule has 1 fully saturated rings. The average molecular weight is 181 g/mol. The second kappa shape index (κ2) is 2.84. The Morgan fingerprint density at radius 2 is 2.08 bits per heavy atom. The topological polar surface area (TPSA) is 35.3 Å². The summed E-state index contributed by atoms with van der Waals surface area (Å²) in [6.45, 7) is 7.79. The van der Waals surface area contributed by atoms with Crippen LogP contribution in [0.2, 0.25) is 0 Å². The van der Waals surface area contributed by atoms with Gasteiger partial charge in [0, 0.05) is 11.0 Å². The van der Waals surface area contributed by atoms with Crippen molar-refractivity contribution in [3.63, 3.8) is 0 Å². The lowest BCUT2D eigenvalue weighted by Crippen LogP contribution is -2.46. The van der Waals surface area contributed by atoms with Crippen LogP contribution in [0, 0.1) is 13.8 Å². The van der Waals surface area contributed by atoms with Crippen molar-refractivity contribution in [2.24, 2.45) is 0 Å². The summed E-state index contributed by atoms with van der Waals surface area (Å²) in [6.07, 6.45) is 1.09. The average Bonchev–Trinajstić information content (AvgIpc) is 2.35. The largest absolute Gasteiger partial charge is 0.379 e. The number of nitrogens with zero attached hydrogens (tertiary/aromatic N) is 1. The minimum atomic E-state index is 0.189. The Labute approximate surface area is 78.1 Å². The van der Waals surface area contributed by atoms with Crippen LogP contribution in [0.1, 0.15) is 30.4 Å². The Morgan fingerprint density at radius 1 is 1.38 bits per heavy atom. The minimum Gasteiger partial charge on any atom is -0.379 e. The lowest BCUT2D eigenvalue weighted by molar-refractivity contribution is -0.0629. The van der Waals surface area contributed by atoms with Crippen LogP contribution in [-0.4, -0.2) is 18.4 Å². The first-order valence-corrected chi connectivity index (χ1v) is 4.71. The summed E-state index contributed by atoms with van der Waals surface area (Å²) in [5.41, 5.74) is 2.47. The maximum absolute atomic E-state index is 5.29. The monoisotopic (exact) mass is 181 g/mol. The van der Waals surface area contributed by atoms with Gasteiger partial charge in [-0.25, -0.2) is 0 Å². The van der Waals surface area contributed by atoms with Crippen molar-refractivity contribution < 1.29 is 9.26 Å². The van der Waals surface area contributed by atoms with Gasteiger partial charge in [-0.3, -0.25) is 0 Å². The third-order valence-corrected chi connectivity index (χ3v) is 3.00. The predicted octanol–water partition coefficient (Wildman–Crippen LogP) is 1.97. The van der Waals surface area contributed by atoms with E-state index in [0.29, 0.717) is 0 Å². The maximum Gasteiger partial charge on any atom is 0.137 e. The highest BCUT2D eigenvalue weighted by Crippen LogP contribution is 2.38. The van der Waals surface area contributed by atoms with E-state index in [1.165, 1.54) is 5.56 Å². The van der Waals surface area contributed by atoms with Crippen LogP contribution in [0.5, 0.6) is 0 Å². The Hall–Kier alpha value is -0.830. The molecule has 0 saturated carbocycles. The molecule has 0 spiro atoms. The van der Waals surface area contributed by atoms with Crippen molar-refractivity contribution in [2.75, 3.05) is 13.2 Å².